The molecule has 0 bridgehead atoms. The van der Waals surface area contributed by atoms with Crippen molar-refractivity contribution in [1.82, 2.24) is 10.2 Å². The van der Waals surface area contributed by atoms with Crippen molar-refractivity contribution in [3.63, 3.8) is 0 Å². The molecule has 2 atom stereocenters. The summed E-state index contributed by atoms with van der Waals surface area (Å²) in [6, 6.07) is 31.6. The maximum Gasteiger partial charge on any atom is 0.246 e. The normalized spacial score (nSPS) is 16.6. The number of amides is 2. The molecule has 4 aromatic rings. The third-order valence-corrected chi connectivity index (χ3v) is 7.76. The average molecular weight is 576 g/mol. The topological polar surface area (TPSA) is 102 Å². The van der Waals surface area contributed by atoms with Crippen LogP contribution in [0.2, 0.25) is 0 Å². The minimum Gasteiger partial charge on any atom is -0.457 e. The van der Waals surface area contributed by atoms with E-state index in [1.165, 1.54) is 6.92 Å². The quantitative estimate of drug-likeness (QED) is 0.161. The maximum atomic E-state index is 13.8. The van der Waals surface area contributed by atoms with Crippen molar-refractivity contribution >= 4 is 17.6 Å². The lowest BCUT2D eigenvalue weighted by molar-refractivity contribution is -0.150. The molecule has 0 radical (unpaired) electrons. The third kappa shape index (κ3) is 7.56. The number of nitrogens with two attached hydrogens (primary N) is 1. The van der Waals surface area contributed by atoms with E-state index in [9.17, 15) is 14.4 Å². The molecule has 1 aliphatic rings. The van der Waals surface area contributed by atoms with Gasteiger partial charge in [-0.15, -0.1) is 0 Å². The van der Waals surface area contributed by atoms with E-state index in [1.54, 1.807) is 29.2 Å². The number of hydrogen-bond acceptors (Lipinski definition) is 5. The second-order valence-corrected chi connectivity index (χ2v) is 10.9. The molecule has 1 fully saturated rings. The van der Waals surface area contributed by atoms with Gasteiger partial charge in [-0.05, 0) is 79.3 Å². The number of ether oxygens (including phenoxy) is 1. The van der Waals surface area contributed by atoms with Crippen molar-refractivity contribution in [2.24, 2.45) is 5.73 Å². The van der Waals surface area contributed by atoms with E-state index >= 15 is 0 Å². The minimum absolute atomic E-state index is 0.0279. The number of nitrogens with zero attached hydrogens (tertiary/aromatic N) is 1. The largest absolute Gasteiger partial charge is 0.457 e. The Morgan fingerprint density at radius 1 is 0.814 bits per heavy atom. The van der Waals surface area contributed by atoms with E-state index < -0.39 is 12.1 Å². The van der Waals surface area contributed by atoms with Crippen LogP contribution in [0, 0.1) is 0 Å². The number of carbonyl (C=O) groups excluding carboxylic acids is 3. The molecule has 1 saturated heterocycles. The van der Waals surface area contributed by atoms with Gasteiger partial charge in [0.05, 0.1) is 0 Å². The van der Waals surface area contributed by atoms with E-state index in [2.05, 4.69) is 29.6 Å². The smallest absolute Gasteiger partial charge is 0.246 e. The summed E-state index contributed by atoms with van der Waals surface area (Å²) in [6.07, 6.45) is 2.51. The molecule has 2 amide bonds. The molecule has 3 N–H and O–H groups in total. The highest BCUT2D eigenvalue weighted by Crippen LogP contribution is 2.26. The van der Waals surface area contributed by atoms with Gasteiger partial charge in [-0.25, -0.2) is 0 Å². The summed E-state index contributed by atoms with van der Waals surface area (Å²) < 4.78 is 5.93. The third-order valence-electron chi connectivity index (χ3n) is 7.76. The second-order valence-electron chi connectivity index (χ2n) is 10.9. The van der Waals surface area contributed by atoms with Crippen LogP contribution in [0.4, 0.5) is 0 Å². The Hall–Kier alpha value is -4.75. The summed E-state index contributed by atoms with van der Waals surface area (Å²) >= 11 is 0. The van der Waals surface area contributed by atoms with Gasteiger partial charge in [0, 0.05) is 18.5 Å². The molecule has 0 saturated carbocycles. The molecule has 1 aliphatic heterocycles. The first-order chi connectivity index (χ1) is 20.9. The number of rotatable bonds is 12. The van der Waals surface area contributed by atoms with Crippen LogP contribution in [-0.4, -0.2) is 41.1 Å². The van der Waals surface area contributed by atoms with Gasteiger partial charge >= 0.3 is 0 Å². The summed E-state index contributed by atoms with van der Waals surface area (Å²) in [7, 11) is 0. The molecule has 1 heterocycles. The fraction of sp³-hybridized carbons (Fsp3) is 0.250. The van der Waals surface area contributed by atoms with Crippen LogP contribution in [0.3, 0.4) is 0 Å². The molecule has 2 unspecified atom stereocenters. The predicted molar refractivity (Wildman–Crippen MR) is 168 cm³/mol. The molecule has 7 nitrogen and oxygen atoms in total. The summed E-state index contributed by atoms with van der Waals surface area (Å²) in [5.41, 5.74) is 10.4. The molecule has 0 aromatic heterocycles. The highest BCUT2D eigenvalue weighted by Gasteiger charge is 2.40. The van der Waals surface area contributed by atoms with Gasteiger partial charge in [-0.3, -0.25) is 14.4 Å². The van der Waals surface area contributed by atoms with Gasteiger partial charge in [-0.2, -0.15) is 0 Å². The monoisotopic (exact) mass is 575 g/mol. The summed E-state index contributed by atoms with van der Waals surface area (Å²) in [5.74, 6) is 0.936. The lowest BCUT2D eigenvalue weighted by Crippen LogP contribution is -2.63. The number of unbranched alkanes of at least 4 members (excludes halogenated alkanes) is 1. The Labute approximate surface area is 252 Å². The lowest BCUT2D eigenvalue weighted by atomic mass is 9.96. The van der Waals surface area contributed by atoms with Crippen LogP contribution >= 0.6 is 0 Å². The molecule has 4 aromatic carbocycles. The Balaban J connectivity index is 1.29. The summed E-state index contributed by atoms with van der Waals surface area (Å²) in [4.78, 5) is 40.6. The van der Waals surface area contributed by atoms with E-state index in [1.807, 2.05) is 54.6 Å². The fourth-order valence-corrected chi connectivity index (χ4v) is 5.39. The molecule has 5 rings (SSSR count). The average Bonchev–Trinajstić information content (AvgIpc) is 3.03. The Bertz CT molecular complexity index is 1550. The number of piperazine rings is 1. The van der Waals surface area contributed by atoms with Gasteiger partial charge < -0.3 is 20.7 Å². The zero-order chi connectivity index (χ0) is 30.2. The molecular weight excluding hydrogens is 538 g/mol. The Morgan fingerprint density at radius 2 is 1.51 bits per heavy atom. The molecular formula is C36H37N3O4. The van der Waals surface area contributed by atoms with E-state index in [-0.39, 0.29) is 17.6 Å². The minimum atomic E-state index is -0.666. The van der Waals surface area contributed by atoms with Gasteiger partial charge in [-0.1, -0.05) is 78.9 Å². The Morgan fingerprint density at radius 3 is 2.21 bits per heavy atom. The van der Waals surface area contributed by atoms with Crippen molar-refractivity contribution in [1.29, 1.82) is 0 Å². The summed E-state index contributed by atoms with van der Waals surface area (Å²) in [6.45, 7) is 2.43. The SMILES string of the molecule is CC(=O)c1cccc(Oc2ccc(CC3NC(=O)C(CCCCN)N(Cc4ccc(-c5ccccc5)cc4)C3=O)cc2)c1. The van der Waals surface area contributed by atoms with E-state index in [0.717, 1.165) is 35.1 Å². The van der Waals surface area contributed by atoms with Crippen molar-refractivity contribution < 1.29 is 19.1 Å². The molecule has 0 spiro atoms. The van der Waals surface area contributed by atoms with Crippen LogP contribution in [0.15, 0.2) is 103 Å². The van der Waals surface area contributed by atoms with Crippen LogP contribution in [0.25, 0.3) is 11.1 Å². The van der Waals surface area contributed by atoms with Crippen LogP contribution in [0.5, 0.6) is 11.5 Å². The maximum absolute atomic E-state index is 13.8. The predicted octanol–water partition coefficient (Wildman–Crippen LogP) is 5.92. The number of benzene rings is 4. The summed E-state index contributed by atoms with van der Waals surface area (Å²) in [5, 5.41) is 2.98. The van der Waals surface area contributed by atoms with E-state index in [0.29, 0.717) is 43.0 Å². The number of hydrogen-bond donors (Lipinski definition) is 2. The number of Topliss-reactive ketones (excluding diaryl/α,β-unsaturated/α-hetero) is 1. The zero-order valence-corrected chi connectivity index (χ0v) is 24.4. The van der Waals surface area contributed by atoms with Crippen molar-refractivity contribution in [2.75, 3.05) is 6.54 Å². The first kappa shape index (κ1) is 29.7. The Kier molecular flexibility index (Phi) is 9.64. The first-order valence-corrected chi connectivity index (χ1v) is 14.7. The standard InChI is InChI=1S/C36H37N3O4/c1-25(40)30-10-7-11-32(23-30)43-31-19-15-26(16-20-31)22-33-36(42)39(34(35(41)38-33)12-5-6-21-37)24-27-13-17-29(18-14-27)28-8-3-2-4-9-28/h2-4,7-11,13-20,23,33-34H,5-6,12,21-22,24,37H2,1H3,(H,38,41). The molecule has 220 valence electrons. The molecule has 7 heteroatoms. The van der Waals surface area contributed by atoms with Gasteiger partial charge in [0.25, 0.3) is 0 Å². The van der Waals surface area contributed by atoms with Gasteiger partial charge in [0.2, 0.25) is 11.8 Å². The first-order valence-electron chi connectivity index (χ1n) is 14.7. The molecule has 0 aliphatic carbocycles. The van der Waals surface area contributed by atoms with Crippen molar-refractivity contribution in [3.05, 3.63) is 120 Å². The second kappa shape index (κ2) is 13.9. The van der Waals surface area contributed by atoms with Crippen LogP contribution < -0.4 is 15.8 Å². The van der Waals surface area contributed by atoms with Crippen LogP contribution in [-0.2, 0) is 22.6 Å². The lowest BCUT2D eigenvalue weighted by Gasteiger charge is -2.39. The number of ketones is 1. The van der Waals surface area contributed by atoms with Gasteiger partial charge in [0.1, 0.15) is 23.6 Å². The molecule has 43 heavy (non-hydrogen) atoms. The highest BCUT2D eigenvalue weighted by atomic mass is 16.5. The van der Waals surface area contributed by atoms with Crippen molar-refractivity contribution in [3.8, 4) is 22.6 Å². The fourth-order valence-electron chi connectivity index (χ4n) is 5.39. The highest BCUT2D eigenvalue weighted by molar-refractivity contribution is 5.97. The van der Waals surface area contributed by atoms with E-state index in [4.69, 9.17) is 10.5 Å². The van der Waals surface area contributed by atoms with Crippen LogP contribution in [0.1, 0.15) is 47.7 Å². The number of nitrogens with one attached hydrogen (secondary N) is 1. The van der Waals surface area contributed by atoms with Crippen molar-refractivity contribution in [2.45, 2.75) is 51.2 Å². The zero-order valence-electron chi connectivity index (χ0n) is 24.4. The van der Waals surface area contributed by atoms with Gasteiger partial charge in [0.15, 0.2) is 5.78 Å². The number of carbonyl (C=O) groups is 3.